The van der Waals surface area contributed by atoms with Crippen molar-refractivity contribution >= 4 is 68.2 Å². The van der Waals surface area contributed by atoms with Gasteiger partial charge in [-0.2, -0.15) is 0 Å². The minimum atomic E-state index is -1.07. The summed E-state index contributed by atoms with van der Waals surface area (Å²) in [6.45, 7) is 2.63. The zero-order valence-corrected chi connectivity index (χ0v) is 35.1. The number of carboxylic acids is 1. The number of hydrogen-bond acceptors (Lipinski definition) is 13. The van der Waals surface area contributed by atoms with E-state index in [-0.39, 0.29) is 146 Å². The van der Waals surface area contributed by atoms with Gasteiger partial charge in [0.1, 0.15) is 35.2 Å². The van der Waals surface area contributed by atoms with Crippen LogP contribution in [0.1, 0.15) is 110 Å². The fourth-order valence-electron chi connectivity index (χ4n) is 2.76. The number of aliphatic hydroxyl groups is 2. The second kappa shape index (κ2) is 49.5. The Bertz CT molecular complexity index is 1880. The fourth-order valence-corrected chi connectivity index (χ4v) is 3.05. The van der Waals surface area contributed by atoms with E-state index in [0.29, 0.717) is 35.2 Å². The second-order valence-electron chi connectivity index (χ2n) is 9.35. The molecular weight excluding hydrogens is 882 g/mol. The van der Waals surface area contributed by atoms with Gasteiger partial charge in [-0.25, -0.2) is 9.78 Å². The van der Waals surface area contributed by atoms with E-state index < -0.39 is 5.97 Å². The third-order valence-corrected chi connectivity index (χ3v) is 5.87. The molecule has 0 atom stereocenters. The predicted molar refractivity (Wildman–Crippen MR) is 247 cm³/mol. The van der Waals surface area contributed by atoms with Crippen LogP contribution in [0.3, 0.4) is 0 Å². The molecule has 0 aromatic carbocycles. The molecule has 0 unspecified atom stereocenters. The molecule has 0 aliphatic heterocycles. The van der Waals surface area contributed by atoms with Crippen molar-refractivity contribution in [1.82, 2.24) is 35.1 Å². The van der Waals surface area contributed by atoms with Crippen LogP contribution in [0.15, 0.2) is 122 Å². The number of carboxylic acid groups (broad SMARTS) is 1. The van der Waals surface area contributed by atoms with Crippen molar-refractivity contribution in [1.29, 1.82) is 0 Å². The van der Waals surface area contributed by atoms with Crippen molar-refractivity contribution < 1.29 is 58.6 Å². The van der Waals surface area contributed by atoms with Crippen LogP contribution in [-0.4, -0.2) is 130 Å². The van der Waals surface area contributed by atoms with E-state index in [4.69, 9.17) is 22.2 Å². The summed E-state index contributed by atoms with van der Waals surface area (Å²) in [4.78, 5) is 73.4. The zero-order chi connectivity index (χ0) is 44.2. The number of aromatic carboxylic acids is 1. The van der Waals surface area contributed by atoms with Crippen LogP contribution in [0.5, 0.6) is 0 Å². The summed E-state index contributed by atoms with van der Waals surface area (Å²) < 4.78 is 35.3. The van der Waals surface area contributed by atoms with Crippen LogP contribution in [-0.2, 0) is 0 Å². The molecule has 336 valence electrons. The van der Waals surface area contributed by atoms with Crippen molar-refractivity contribution in [3.8, 4) is 0 Å². The van der Waals surface area contributed by atoms with E-state index in [1.165, 1.54) is 76.1 Å². The van der Waals surface area contributed by atoms with E-state index in [1.807, 2.05) is 0 Å². The quantitative estimate of drug-likeness (QED) is 0.0552. The maximum Gasteiger partial charge on any atom is 2.00 e. The van der Waals surface area contributed by atoms with Gasteiger partial charge >= 0.3 is 29.0 Å². The summed E-state index contributed by atoms with van der Waals surface area (Å²) in [6, 6.07) is 16.3. The third-order valence-electron chi connectivity index (χ3n) is 5.36. The number of aliphatic hydroxyl groups excluding tert-OH is 2. The molecule has 0 saturated heterocycles. The molecule has 0 aliphatic carbocycles. The van der Waals surface area contributed by atoms with E-state index in [9.17, 15) is 24.0 Å². The minimum absolute atomic E-state index is 0. The Hall–Kier alpha value is -4.88. The van der Waals surface area contributed by atoms with Crippen molar-refractivity contribution in [3.05, 3.63) is 158 Å². The van der Waals surface area contributed by atoms with Gasteiger partial charge in [0, 0.05) is 51.9 Å². The summed E-state index contributed by atoms with van der Waals surface area (Å²) in [5, 5.41) is 27.5. The summed E-state index contributed by atoms with van der Waals surface area (Å²) in [7, 11) is 3.15. The first-order chi connectivity index (χ1) is 27.4. The second-order valence-corrected chi connectivity index (χ2v) is 9.91. The average molecular weight is 958 g/mol. The number of ketones is 3. The van der Waals surface area contributed by atoms with Gasteiger partial charge in [-0.05, 0) is 67.6 Å². The molecule has 1 amide bonds. The smallest absolute Gasteiger partial charge is 1.00 e. The Morgan fingerprint density at radius 3 is 1.13 bits per heavy atom. The number of hydrogen-bond donors (Lipinski definition) is 4. The van der Waals surface area contributed by atoms with Gasteiger partial charge in [0.05, 0.1) is 18.9 Å². The molecular formula is C43H65BrClMgN7O8. The van der Waals surface area contributed by atoms with Gasteiger partial charge in [-0.3, -0.25) is 44.4 Å². The molecule has 0 spiro atoms. The largest absolute Gasteiger partial charge is 2.00 e. The fraction of sp³-hybridized carbons (Fsp3) is 0.279. The van der Waals surface area contributed by atoms with Gasteiger partial charge in [0.2, 0.25) is 0 Å². The molecule has 4 N–H and O–H groups in total. The van der Waals surface area contributed by atoms with Gasteiger partial charge in [-0.1, -0.05) is 83.4 Å². The number of halogens is 2. The summed E-state index contributed by atoms with van der Waals surface area (Å²) in [6.07, 6.45) is 6.56. The first-order valence-electron chi connectivity index (χ1n) is 17.5. The van der Waals surface area contributed by atoms with Gasteiger partial charge in [-0.15, -0.1) is 0 Å². The molecule has 61 heavy (non-hydrogen) atoms. The molecule has 18 heteroatoms. The first-order valence-corrected chi connectivity index (χ1v) is 16.1. The number of carbonyl (C=O) groups excluding carboxylic acids is 4. The molecule has 0 radical (unpaired) electrons. The summed E-state index contributed by atoms with van der Waals surface area (Å²) in [5.41, 5.74) is 1.42. The Labute approximate surface area is 401 Å². The molecule has 0 saturated carbocycles. The molecule has 0 aliphatic rings. The van der Waals surface area contributed by atoms with E-state index in [1.54, 1.807) is 43.4 Å². The molecule has 5 aromatic heterocycles. The number of nitrogens with one attached hydrogen (secondary N) is 1. The van der Waals surface area contributed by atoms with Crippen LogP contribution in [0.2, 0.25) is 0 Å². The van der Waals surface area contributed by atoms with Gasteiger partial charge in [0.15, 0.2) is 17.3 Å². The Balaban J connectivity index is -0.0000000838. The van der Waals surface area contributed by atoms with E-state index in [2.05, 4.69) is 46.2 Å². The number of carbonyl (C=O) groups is 5. The van der Waals surface area contributed by atoms with Gasteiger partial charge in [0.25, 0.3) is 5.91 Å². The Morgan fingerprint density at radius 1 is 0.639 bits per heavy atom. The molecule has 5 rings (SSSR count). The first kappa shape index (κ1) is 62.8. The monoisotopic (exact) mass is 955 g/mol. The number of Topliss-reactive ketones (excluding diaryl/α,β-unsaturated/α-hetero) is 3. The molecule has 0 fully saturated rings. The van der Waals surface area contributed by atoms with Crippen molar-refractivity contribution in [2.24, 2.45) is 0 Å². The van der Waals surface area contributed by atoms with Crippen LogP contribution in [0.25, 0.3) is 0 Å². The average Bonchev–Trinajstić information content (AvgIpc) is 3.22. The van der Waals surface area contributed by atoms with Crippen LogP contribution in [0.4, 0.5) is 0 Å². The standard InChI is InChI=1S/C8H10N2O2.C7H6BrNO.2C7H7NO.C6H5NO2.C2H7NO.5CH4.CH3.ClH.Mg/c1-10(6-11)8(12)7-4-2-3-5-9-7;8-5-7(10)6-3-1-2-4-9-6;2*1-6(9)7-4-2-3-5-8-7;8-6(9)5-3-1-2-4-7-5;1-3-2-4;;;;;;;;/h2-5,11H,6H2,1H3;1-4H,5H2;2*2-5H,1H3;1-4H,(H,8,9);3-4H,2H2,1H3;5*1H4;1H3;1H;/q;;;;;;;;;;;-1;;+2/p-1/i3T;2T;2*3T;2T;;;;;;;;;. The maximum absolute atomic E-state index is 11.3. The molecule has 15 nitrogen and oxygen atoms in total. The Kier molecular flexibility index (Phi) is 50.9. The molecule has 5 heterocycles. The van der Waals surface area contributed by atoms with Crippen LogP contribution < -0.4 is 17.7 Å². The normalized spacial score (nSPS) is 9.00. The van der Waals surface area contributed by atoms with Crippen molar-refractivity contribution in [3.63, 3.8) is 0 Å². The third kappa shape index (κ3) is 37.8. The number of rotatable bonds is 8. The molecule has 5 aromatic rings. The van der Waals surface area contributed by atoms with Crippen LogP contribution in [0, 0.1) is 7.43 Å². The van der Waals surface area contributed by atoms with Crippen LogP contribution >= 0.6 is 15.9 Å². The topological polar surface area (TPSA) is 226 Å². The summed E-state index contributed by atoms with van der Waals surface area (Å²) in [5.74, 6) is -1.63. The van der Waals surface area contributed by atoms with Crippen molar-refractivity contribution in [2.45, 2.75) is 51.0 Å². The zero-order valence-electron chi connectivity index (χ0n) is 36.3. The minimum Gasteiger partial charge on any atom is -1.00 e. The molecule has 0 bridgehead atoms. The number of amides is 1. The SMILES string of the molecule is C.C.C.C.C.CNCO.[3H]c1ccc(C(=O)CBr)nc1.[3H]c1ccc(C(=O)N(C)CO)nc1.[3H]c1ccc(C(=O)O)nc1.[3H]c1ccc(C(C)=O)nc1.[3H]c1ccc(C(C)=O)nc1.[CH3-].[Cl-].[Mg+2]. The van der Waals surface area contributed by atoms with Gasteiger partial charge < -0.3 is 40.1 Å². The number of nitrogens with zero attached hydrogens (tertiary/aromatic N) is 6. The van der Waals surface area contributed by atoms with Crippen molar-refractivity contribution in [2.75, 3.05) is 32.9 Å². The number of aromatic nitrogens is 5. The summed E-state index contributed by atoms with van der Waals surface area (Å²) >= 11 is 3.03. The predicted octanol–water partition coefficient (Wildman–Crippen LogP) is 4.52. The number of pyridine rings is 5. The Morgan fingerprint density at radius 2 is 0.918 bits per heavy atom. The van der Waals surface area contributed by atoms with E-state index >= 15 is 0 Å². The number of alkyl halides is 1. The maximum atomic E-state index is 11.3. The van der Waals surface area contributed by atoms with E-state index in [0.717, 1.165) is 4.90 Å².